The number of likely N-dealkylation sites (tertiary alicyclic amines) is 1. The van der Waals surface area contributed by atoms with Gasteiger partial charge < -0.3 is 14.7 Å². The highest BCUT2D eigenvalue weighted by atomic mass is 15.2. The first-order valence-corrected chi connectivity index (χ1v) is 10.4. The molecule has 1 heterocycles. The minimum absolute atomic E-state index is 0.416. The van der Waals surface area contributed by atoms with Crippen LogP contribution in [0.1, 0.15) is 53.9 Å². The predicted octanol–water partition coefficient (Wildman–Crippen LogP) is 3.90. The Bertz CT molecular complexity index is 415. The number of rotatable bonds is 7. The van der Waals surface area contributed by atoms with Crippen LogP contribution in [0.3, 0.4) is 0 Å². The molecule has 0 aromatic carbocycles. The second-order valence-electron chi connectivity index (χ2n) is 11.3. The molecule has 3 nitrogen and oxygen atoms in total. The molecule has 2 fully saturated rings. The lowest BCUT2D eigenvalue weighted by molar-refractivity contribution is 0.0134. The highest BCUT2D eigenvalue weighted by molar-refractivity contribution is 4.98. The molecule has 0 aromatic rings. The molecule has 0 radical (unpaired) electrons. The van der Waals surface area contributed by atoms with Crippen LogP contribution < -0.4 is 0 Å². The molecule has 0 aromatic heterocycles. The third kappa shape index (κ3) is 5.43. The molecule has 0 N–H and O–H groups in total. The second-order valence-corrected chi connectivity index (χ2v) is 11.3. The molecule has 0 amide bonds. The molecule has 0 spiro atoms. The van der Waals surface area contributed by atoms with Gasteiger partial charge in [-0.05, 0) is 76.0 Å². The van der Waals surface area contributed by atoms with Crippen LogP contribution in [0.4, 0.5) is 0 Å². The van der Waals surface area contributed by atoms with E-state index in [0.29, 0.717) is 10.8 Å². The van der Waals surface area contributed by atoms with E-state index in [9.17, 15) is 0 Å². The summed E-state index contributed by atoms with van der Waals surface area (Å²) >= 11 is 0. The van der Waals surface area contributed by atoms with Crippen molar-refractivity contribution in [3.63, 3.8) is 0 Å². The van der Waals surface area contributed by atoms with E-state index >= 15 is 0 Å². The van der Waals surface area contributed by atoms with Crippen molar-refractivity contribution in [3.8, 4) is 0 Å². The largest absolute Gasteiger partial charge is 0.308 e. The van der Waals surface area contributed by atoms with Crippen LogP contribution in [0.2, 0.25) is 0 Å². The van der Waals surface area contributed by atoms with Crippen LogP contribution in [0.15, 0.2) is 0 Å². The normalized spacial score (nSPS) is 31.8. The fourth-order valence-electron chi connectivity index (χ4n) is 5.16. The fourth-order valence-corrected chi connectivity index (χ4v) is 5.16. The van der Waals surface area contributed by atoms with Crippen molar-refractivity contribution < 1.29 is 0 Å². The number of hydrogen-bond acceptors (Lipinski definition) is 3. The Morgan fingerprint density at radius 3 is 2.00 bits per heavy atom. The van der Waals surface area contributed by atoms with Gasteiger partial charge in [-0.1, -0.05) is 34.6 Å². The van der Waals surface area contributed by atoms with E-state index in [1.165, 1.54) is 45.4 Å². The number of likely N-dealkylation sites (N-methyl/N-ethyl adjacent to an activating group) is 1. The minimum atomic E-state index is 0.416. The van der Waals surface area contributed by atoms with Gasteiger partial charge in [0.25, 0.3) is 0 Å². The first kappa shape index (κ1) is 21.2. The third-order valence-corrected chi connectivity index (χ3v) is 7.23. The van der Waals surface area contributed by atoms with Crippen LogP contribution in [0.5, 0.6) is 0 Å². The molecule has 0 bridgehead atoms. The van der Waals surface area contributed by atoms with Gasteiger partial charge >= 0.3 is 0 Å². The summed E-state index contributed by atoms with van der Waals surface area (Å²) in [6.07, 6.45) is 4.20. The van der Waals surface area contributed by atoms with Gasteiger partial charge in [-0.3, -0.25) is 0 Å². The van der Waals surface area contributed by atoms with Crippen LogP contribution in [-0.2, 0) is 0 Å². The van der Waals surface area contributed by atoms with Crippen LogP contribution in [-0.4, -0.2) is 75.1 Å². The number of nitrogens with zero attached hydrogens (tertiary/aromatic N) is 3. The lowest BCUT2D eigenvalue weighted by Gasteiger charge is -2.49. The summed E-state index contributed by atoms with van der Waals surface area (Å²) in [6, 6.07) is 0.822. The van der Waals surface area contributed by atoms with Crippen molar-refractivity contribution in [2.45, 2.75) is 59.9 Å². The zero-order chi connectivity index (χ0) is 19.0. The van der Waals surface area contributed by atoms with Gasteiger partial charge in [0.05, 0.1) is 0 Å². The van der Waals surface area contributed by atoms with Crippen LogP contribution in [0.25, 0.3) is 0 Å². The first-order chi connectivity index (χ1) is 11.4. The van der Waals surface area contributed by atoms with Crippen molar-refractivity contribution in [1.82, 2.24) is 14.7 Å². The Balaban J connectivity index is 1.97. The topological polar surface area (TPSA) is 9.72 Å². The Morgan fingerprint density at radius 1 is 0.920 bits per heavy atom. The minimum Gasteiger partial charge on any atom is -0.308 e. The van der Waals surface area contributed by atoms with Gasteiger partial charge in [-0.15, -0.1) is 0 Å². The molecular weight excluding hydrogens is 306 g/mol. The van der Waals surface area contributed by atoms with Crippen LogP contribution in [0, 0.1) is 28.6 Å². The van der Waals surface area contributed by atoms with Gasteiger partial charge in [-0.25, -0.2) is 0 Å². The summed E-state index contributed by atoms with van der Waals surface area (Å²) in [7, 11) is 8.86. The lowest BCUT2D eigenvalue weighted by atomic mass is 9.60. The summed E-state index contributed by atoms with van der Waals surface area (Å²) in [6.45, 7) is 17.5. The molecule has 1 saturated carbocycles. The third-order valence-electron chi connectivity index (χ3n) is 7.23. The summed E-state index contributed by atoms with van der Waals surface area (Å²) in [5.41, 5.74) is 0.900. The monoisotopic (exact) mass is 351 g/mol. The van der Waals surface area contributed by atoms with E-state index in [0.717, 1.165) is 23.8 Å². The van der Waals surface area contributed by atoms with Crippen molar-refractivity contribution in [2.24, 2.45) is 28.6 Å². The van der Waals surface area contributed by atoms with E-state index in [1.807, 2.05) is 0 Å². The highest BCUT2D eigenvalue weighted by Gasteiger charge is 2.46. The van der Waals surface area contributed by atoms with Crippen molar-refractivity contribution in [1.29, 1.82) is 0 Å². The van der Waals surface area contributed by atoms with Crippen molar-refractivity contribution >= 4 is 0 Å². The molecule has 2 aliphatic rings. The maximum atomic E-state index is 2.74. The number of hydrogen-bond donors (Lipinski definition) is 0. The van der Waals surface area contributed by atoms with Gasteiger partial charge in [0.2, 0.25) is 0 Å². The van der Waals surface area contributed by atoms with Gasteiger partial charge in [0.1, 0.15) is 0 Å². The standard InChI is InChI=1S/C22H45N3/c1-21(2,3)20-16-25(11-10-23(6)7)15-17(20)14-22(4,5)18-12-19(13-18)24(8)9/h17-20H,10-16H2,1-9H3. The summed E-state index contributed by atoms with van der Waals surface area (Å²) < 4.78 is 0. The SMILES string of the molecule is CN(C)CCN1CC(CC(C)(C)C2CC(N(C)C)C2)C(C(C)(C)C)C1. The molecule has 148 valence electrons. The Labute approximate surface area is 158 Å². The molecule has 2 atom stereocenters. The zero-order valence-corrected chi connectivity index (χ0v) is 18.6. The maximum Gasteiger partial charge on any atom is 0.0109 e. The summed E-state index contributed by atoms with van der Waals surface area (Å²) in [5.74, 6) is 2.60. The molecular formula is C22H45N3. The Morgan fingerprint density at radius 2 is 1.52 bits per heavy atom. The van der Waals surface area contributed by atoms with E-state index in [2.05, 4.69) is 77.5 Å². The lowest BCUT2D eigenvalue weighted by Crippen LogP contribution is -2.47. The molecule has 1 saturated heterocycles. The van der Waals surface area contributed by atoms with E-state index in [1.54, 1.807) is 0 Å². The smallest absolute Gasteiger partial charge is 0.0109 e. The maximum absolute atomic E-state index is 2.74. The molecule has 25 heavy (non-hydrogen) atoms. The first-order valence-electron chi connectivity index (χ1n) is 10.4. The molecule has 1 aliphatic heterocycles. The molecule has 1 aliphatic carbocycles. The average molecular weight is 352 g/mol. The average Bonchev–Trinajstić information content (AvgIpc) is 2.75. The highest BCUT2D eigenvalue weighted by Crippen LogP contribution is 2.50. The predicted molar refractivity (Wildman–Crippen MR) is 110 cm³/mol. The molecule has 2 rings (SSSR count). The fraction of sp³-hybridized carbons (Fsp3) is 1.00. The van der Waals surface area contributed by atoms with Gasteiger partial charge in [0.15, 0.2) is 0 Å². The van der Waals surface area contributed by atoms with Gasteiger partial charge in [0, 0.05) is 32.2 Å². The zero-order valence-electron chi connectivity index (χ0n) is 18.6. The second kappa shape index (κ2) is 7.86. The quantitative estimate of drug-likeness (QED) is 0.689. The van der Waals surface area contributed by atoms with E-state index in [-0.39, 0.29) is 0 Å². The van der Waals surface area contributed by atoms with E-state index in [4.69, 9.17) is 0 Å². The van der Waals surface area contributed by atoms with Crippen LogP contribution >= 0.6 is 0 Å². The summed E-state index contributed by atoms with van der Waals surface area (Å²) in [4.78, 5) is 7.47. The Kier molecular flexibility index (Phi) is 6.66. The summed E-state index contributed by atoms with van der Waals surface area (Å²) in [5, 5.41) is 0. The molecule has 2 unspecified atom stereocenters. The Hall–Kier alpha value is -0.120. The molecule has 3 heteroatoms. The van der Waals surface area contributed by atoms with Gasteiger partial charge in [-0.2, -0.15) is 0 Å². The van der Waals surface area contributed by atoms with Crippen molar-refractivity contribution in [3.05, 3.63) is 0 Å². The van der Waals surface area contributed by atoms with Crippen molar-refractivity contribution in [2.75, 3.05) is 54.4 Å². The van der Waals surface area contributed by atoms with E-state index < -0.39 is 0 Å².